The highest BCUT2D eigenvalue weighted by molar-refractivity contribution is 5.89. The Labute approximate surface area is 152 Å². The second-order valence-electron chi connectivity index (χ2n) is 6.43. The zero-order chi connectivity index (χ0) is 17.9. The van der Waals surface area contributed by atoms with Crippen LogP contribution in [0.15, 0.2) is 42.5 Å². The zero-order valence-electron chi connectivity index (χ0n) is 14.7. The van der Waals surface area contributed by atoms with Crippen LogP contribution in [0.25, 0.3) is 0 Å². The maximum absolute atomic E-state index is 12.5. The van der Waals surface area contributed by atoms with Crippen molar-refractivity contribution in [2.45, 2.75) is 19.3 Å². The fraction of sp³-hybridized carbons (Fsp3) is 0.350. The summed E-state index contributed by atoms with van der Waals surface area (Å²) in [5.74, 6) is 2.70. The number of likely N-dealkylation sites (tertiary alicyclic amines) is 1. The van der Waals surface area contributed by atoms with Crippen molar-refractivity contribution in [3.8, 4) is 17.2 Å². The van der Waals surface area contributed by atoms with E-state index in [-0.39, 0.29) is 12.8 Å². The van der Waals surface area contributed by atoms with Crippen molar-refractivity contribution in [2.24, 2.45) is 0 Å². The number of hydrogen-bond acceptors (Lipinski definition) is 4. The molecule has 2 amide bonds. The molecule has 2 aromatic rings. The van der Waals surface area contributed by atoms with Crippen LogP contribution in [0.1, 0.15) is 24.8 Å². The van der Waals surface area contributed by atoms with Crippen molar-refractivity contribution in [2.75, 3.05) is 31.8 Å². The van der Waals surface area contributed by atoms with Gasteiger partial charge in [0.1, 0.15) is 5.75 Å². The number of urea groups is 1. The first kappa shape index (κ1) is 16.6. The van der Waals surface area contributed by atoms with E-state index in [1.165, 1.54) is 5.56 Å². The van der Waals surface area contributed by atoms with E-state index in [1.54, 1.807) is 0 Å². The Bertz CT molecular complexity index is 791. The van der Waals surface area contributed by atoms with Gasteiger partial charge < -0.3 is 24.4 Å². The summed E-state index contributed by atoms with van der Waals surface area (Å²) < 4.78 is 16.2. The lowest BCUT2D eigenvalue weighted by atomic mass is 9.98. The number of nitrogens with zero attached hydrogens (tertiary/aromatic N) is 1. The number of amides is 2. The Morgan fingerprint density at radius 1 is 1.19 bits per heavy atom. The molecule has 1 unspecified atom stereocenters. The fourth-order valence-electron chi connectivity index (χ4n) is 3.39. The van der Waals surface area contributed by atoms with E-state index in [0.29, 0.717) is 19.1 Å². The first-order chi connectivity index (χ1) is 12.7. The normalized spacial score (nSPS) is 18.0. The molecule has 26 heavy (non-hydrogen) atoms. The minimum absolute atomic E-state index is 0.0718. The Morgan fingerprint density at radius 2 is 2.00 bits per heavy atom. The Hall–Kier alpha value is -2.89. The molecule has 6 nitrogen and oxygen atoms in total. The highest BCUT2D eigenvalue weighted by Gasteiger charge is 2.28. The van der Waals surface area contributed by atoms with E-state index in [9.17, 15) is 4.79 Å². The molecule has 2 aromatic carbocycles. The molecular weight excluding hydrogens is 332 g/mol. The number of benzene rings is 2. The molecule has 136 valence electrons. The summed E-state index contributed by atoms with van der Waals surface area (Å²) >= 11 is 0. The molecule has 0 aliphatic carbocycles. The van der Waals surface area contributed by atoms with Gasteiger partial charge >= 0.3 is 6.03 Å². The minimum Gasteiger partial charge on any atom is -0.494 e. The molecule has 0 radical (unpaired) electrons. The molecule has 2 heterocycles. The van der Waals surface area contributed by atoms with E-state index in [2.05, 4.69) is 11.4 Å². The van der Waals surface area contributed by atoms with Gasteiger partial charge in [0.15, 0.2) is 11.5 Å². The third-order valence-corrected chi connectivity index (χ3v) is 4.76. The number of carbonyl (C=O) groups excluding carboxylic acids is 1. The third kappa shape index (κ3) is 3.40. The van der Waals surface area contributed by atoms with Crippen LogP contribution in [0.2, 0.25) is 0 Å². The average Bonchev–Trinajstić information content (AvgIpc) is 3.32. The van der Waals surface area contributed by atoms with Crippen LogP contribution in [-0.2, 0) is 0 Å². The highest BCUT2D eigenvalue weighted by Crippen LogP contribution is 2.37. The van der Waals surface area contributed by atoms with Gasteiger partial charge in [0.05, 0.1) is 6.61 Å². The molecule has 1 saturated heterocycles. The standard InChI is InChI=1S/C20H22N2O4/c1-2-24-17-6-4-16(5-7-17)21-20(23)22-10-9-15(12-22)14-3-8-18-19(11-14)26-13-25-18/h3-8,11,15H,2,9-10,12-13H2,1H3,(H,21,23). The van der Waals surface area contributed by atoms with Gasteiger partial charge in [-0.3, -0.25) is 0 Å². The number of carbonyl (C=O) groups is 1. The van der Waals surface area contributed by atoms with Gasteiger partial charge in [-0.25, -0.2) is 4.79 Å². The topological polar surface area (TPSA) is 60.0 Å². The van der Waals surface area contributed by atoms with Gasteiger partial charge in [0.2, 0.25) is 6.79 Å². The largest absolute Gasteiger partial charge is 0.494 e. The van der Waals surface area contributed by atoms with Crippen molar-refractivity contribution in [1.29, 1.82) is 0 Å². The molecule has 2 aliphatic heterocycles. The molecular formula is C20H22N2O4. The van der Waals surface area contributed by atoms with Crippen LogP contribution in [0, 0.1) is 0 Å². The van der Waals surface area contributed by atoms with Crippen molar-refractivity contribution in [3.05, 3.63) is 48.0 Å². The molecule has 1 atom stereocenters. The summed E-state index contributed by atoms with van der Waals surface area (Å²) in [7, 11) is 0. The predicted molar refractivity (Wildman–Crippen MR) is 98.1 cm³/mol. The number of fused-ring (bicyclic) bond motifs is 1. The molecule has 1 N–H and O–H groups in total. The maximum atomic E-state index is 12.5. The van der Waals surface area contributed by atoms with E-state index in [4.69, 9.17) is 14.2 Å². The van der Waals surface area contributed by atoms with Gasteiger partial charge in [0.25, 0.3) is 0 Å². The predicted octanol–water partition coefficient (Wildman–Crippen LogP) is 3.84. The maximum Gasteiger partial charge on any atom is 0.321 e. The fourth-order valence-corrected chi connectivity index (χ4v) is 3.39. The lowest BCUT2D eigenvalue weighted by Gasteiger charge is -2.18. The Kier molecular flexibility index (Phi) is 4.56. The molecule has 4 rings (SSSR count). The van der Waals surface area contributed by atoms with Gasteiger partial charge in [-0.15, -0.1) is 0 Å². The van der Waals surface area contributed by atoms with Crippen molar-refractivity contribution in [1.82, 2.24) is 4.90 Å². The van der Waals surface area contributed by atoms with Gasteiger partial charge in [-0.2, -0.15) is 0 Å². The average molecular weight is 354 g/mol. The summed E-state index contributed by atoms with van der Waals surface area (Å²) in [6, 6.07) is 13.4. The van der Waals surface area contributed by atoms with Gasteiger partial charge in [-0.05, 0) is 55.3 Å². The van der Waals surface area contributed by atoms with Crippen LogP contribution in [-0.4, -0.2) is 37.4 Å². The minimum atomic E-state index is -0.0718. The summed E-state index contributed by atoms with van der Waals surface area (Å²) in [5, 5.41) is 2.95. The second-order valence-corrected chi connectivity index (χ2v) is 6.43. The quantitative estimate of drug-likeness (QED) is 0.906. The molecule has 0 spiro atoms. The molecule has 0 saturated carbocycles. The lowest BCUT2D eigenvalue weighted by molar-refractivity contribution is 0.174. The molecule has 0 aromatic heterocycles. The van der Waals surface area contributed by atoms with E-state index >= 15 is 0 Å². The Morgan fingerprint density at radius 3 is 2.81 bits per heavy atom. The number of hydrogen-bond donors (Lipinski definition) is 1. The molecule has 6 heteroatoms. The van der Waals surface area contributed by atoms with Crippen molar-refractivity contribution >= 4 is 11.7 Å². The van der Waals surface area contributed by atoms with Crippen LogP contribution in [0.5, 0.6) is 17.2 Å². The van der Waals surface area contributed by atoms with Crippen LogP contribution in [0.3, 0.4) is 0 Å². The highest BCUT2D eigenvalue weighted by atomic mass is 16.7. The lowest BCUT2D eigenvalue weighted by Crippen LogP contribution is -2.32. The van der Waals surface area contributed by atoms with E-state index in [1.807, 2.05) is 48.2 Å². The summed E-state index contributed by atoms with van der Waals surface area (Å²) in [6.45, 7) is 4.28. The number of rotatable bonds is 4. The van der Waals surface area contributed by atoms with Crippen LogP contribution < -0.4 is 19.5 Å². The SMILES string of the molecule is CCOc1ccc(NC(=O)N2CCC(c3ccc4c(c3)OCO4)C2)cc1. The Balaban J connectivity index is 1.36. The van der Waals surface area contributed by atoms with Gasteiger partial charge in [-0.1, -0.05) is 6.07 Å². The second kappa shape index (κ2) is 7.15. The monoisotopic (exact) mass is 354 g/mol. The number of anilines is 1. The van der Waals surface area contributed by atoms with Crippen molar-refractivity contribution < 1.29 is 19.0 Å². The first-order valence-electron chi connectivity index (χ1n) is 8.91. The summed E-state index contributed by atoms with van der Waals surface area (Å²) in [4.78, 5) is 14.4. The summed E-state index contributed by atoms with van der Waals surface area (Å²) in [6.07, 6.45) is 0.941. The van der Waals surface area contributed by atoms with E-state index in [0.717, 1.165) is 35.9 Å². The molecule has 0 bridgehead atoms. The van der Waals surface area contributed by atoms with E-state index < -0.39 is 0 Å². The third-order valence-electron chi connectivity index (χ3n) is 4.76. The molecule has 2 aliphatic rings. The van der Waals surface area contributed by atoms with Crippen LogP contribution in [0.4, 0.5) is 10.5 Å². The smallest absolute Gasteiger partial charge is 0.321 e. The van der Waals surface area contributed by atoms with Crippen LogP contribution >= 0.6 is 0 Å². The zero-order valence-corrected chi connectivity index (χ0v) is 14.7. The number of ether oxygens (including phenoxy) is 3. The van der Waals surface area contributed by atoms with Gasteiger partial charge in [0, 0.05) is 24.7 Å². The first-order valence-corrected chi connectivity index (χ1v) is 8.91. The summed E-state index contributed by atoms with van der Waals surface area (Å²) in [5.41, 5.74) is 1.95. The number of nitrogens with one attached hydrogen (secondary N) is 1. The molecule has 1 fully saturated rings. The van der Waals surface area contributed by atoms with Crippen molar-refractivity contribution in [3.63, 3.8) is 0 Å².